The molecule has 0 radical (unpaired) electrons. The first kappa shape index (κ1) is 6.96. The molecule has 0 bridgehead atoms. The number of likely N-dealkylation sites (tertiary alicyclic amines) is 1. The molecule has 1 saturated heterocycles. The topological polar surface area (TPSA) is 23.5 Å². The number of aliphatic hydroxyl groups is 1. The highest BCUT2D eigenvalue weighted by Crippen LogP contribution is 2.06. The van der Waals surface area contributed by atoms with Crippen LogP contribution in [-0.4, -0.2) is 42.4 Å². The molecule has 3 heteroatoms. The third-order valence-corrected chi connectivity index (χ3v) is 1.55. The number of halogens is 1. The van der Waals surface area contributed by atoms with Crippen LogP contribution in [0, 0.1) is 0 Å². The lowest BCUT2D eigenvalue weighted by Crippen LogP contribution is -2.50. The zero-order valence-electron chi connectivity index (χ0n) is 5.39. The van der Waals surface area contributed by atoms with E-state index in [2.05, 4.69) is 0 Å². The summed E-state index contributed by atoms with van der Waals surface area (Å²) in [7, 11) is 0. The third kappa shape index (κ3) is 1.91. The van der Waals surface area contributed by atoms with Gasteiger partial charge >= 0.3 is 0 Å². The van der Waals surface area contributed by atoms with E-state index in [9.17, 15) is 4.39 Å². The van der Waals surface area contributed by atoms with Crippen LogP contribution in [0.3, 0.4) is 0 Å². The molecule has 0 atom stereocenters. The van der Waals surface area contributed by atoms with Gasteiger partial charge < -0.3 is 5.11 Å². The first-order valence-corrected chi connectivity index (χ1v) is 3.29. The highest BCUT2D eigenvalue weighted by molar-refractivity contribution is 4.77. The van der Waals surface area contributed by atoms with E-state index in [1.54, 1.807) is 0 Å². The first-order valence-electron chi connectivity index (χ1n) is 3.29. The molecule has 0 aromatic carbocycles. The molecular weight excluding hydrogens is 121 g/mol. The molecular formula is C6H12FNO. The Labute approximate surface area is 54.3 Å². The van der Waals surface area contributed by atoms with E-state index in [0.29, 0.717) is 6.42 Å². The van der Waals surface area contributed by atoms with Gasteiger partial charge in [-0.1, -0.05) is 0 Å². The summed E-state index contributed by atoms with van der Waals surface area (Å²) in [4.78, 5) is 2.05. The number of hydrogen-bond acceptors (Lipinski definition) is 2. The highest BCUT2D eigenvalue weighted by atomic mass is 19.1. The molecule has 0 unspecified atom stereocenters. The molecule has 54 valence electrons. The first-order chi connectivity index (χ1) is 4.33. The number of nitrogens with zero attached hydrogens (tertiary/aromatic N) is 1. The Kier molecular flexibility index (Phi) is 2.42. The van der Waals surface area contributed by atoms with Crippen LogP contribution in [-0.2, 0) is 0 Å². The van der Waals surface area contributed by atoms with Gasteiger partial charge in [-0.3, -0.25) is 9.29 Å². The van der Waals surface area contributed by atoms with Crippen LogP contribution >= 0.6 is 0 Å². The molecule has 1 rings (SSSR count). The van der Waals surface area contributed by atoms with Crippen molar-refractivity contribution in [2.24, 2.45) is 0 Å². The van der Waals surface area contributed by atoms with Crippen LogP contribution < -0.4 is 0 Å². The van der Waals surface area contributed by atoms with Crippen LogP contribution in [0.1, 0.15) is 6.42 Å². The molecule has 1 fully saturated rings. The van der Waals surface area contributed by atoms with Crippen molar-refractivity contribution in [3.63, 3.8) is 0 Å². The molecule has 0 amide bonds. The summed E-state index contributed by atoms with van der Waals surface area (Å²) < 4.78 is 11.5. The fraction of sp³-hybridized carbons (Fsp3) is 1.00. The summed E-state index contributed by atoms with van der Waals surface area (Å²) in [6, 6.07) is 0. The second kappa shape index (κ2) is 3.13. The lowest BCUT2D eigenvalue weighted by atomic mass is 10.1. The number of alkyl halides is 1. The second-order valence-corrected chi connectivity index (χ2v) is 2.46. The fourth-order valence-corrected chi connectivity index (χ4v) is 1.01. The van der Waals surface area contributed by atoms with Gasteiger partial charge in [-0.2, -0.15) is 0 Å². The number of hydrogen-bond donors (Lipinski definition) is 1. The minimum Gasteiger partial charge on any atom is -0.390 e. The van der Waals surface area contributed by atoms with Gasteiger partial charge in [-0.15, -0.1) is 0 Å². The van der Waals surface area contributed by atoms with Crippen molar-refractivity contribution >= 4 is 0 Å². The molecule has 2 nitrogen and oxygen atoms in total. The highest BCUT2D eigenvalue weighted by Gasteiger charge is 2.22. The maximum absolute atomic E-state index is 11.5. The van der Waals surface area contributed by atoms with Crippen molar-refractivity contribution in [2.45, 2.75) is 12.5 Å². The predicted molar refractivity (Wildman–Crippen MR) is 33.0 cm³/mol. The lowest BCUT2D eigenvalue weighted by molar-refractivity contribution is 0.000959. The predicted octanol–water partition coefficient (Wildman–Crippen LogP) is 0.0225. The van der Waals surface area contributed by atoms with Gasteiger partial charge in [0.25, 0.3) is 0 Å². The number of aliphatic hydroxyl groups excluding tert-OH is 1. The van der Waals surface area contributed by atoms with Gasteiger partial charge in [0.15, 0.2) is 0 Å². The van der Waals surface area contributed by atoms with Gasteiger partial charge in [-0.05, 0) is 6.42 Å². The Hall–Kier alpha value is -0.150. The maximum atomic E-state index is 11.5. The molecule has 1 heterocycles. The van der Waals surface area contributed by atoms with Gasteiger partial charge in [0.05, 0.1) is 12.8 Å². The summed E-state index contributed by atoms with van der Waals surface area (Å²) in [6.07, 6.45) is 0.455. The van der Waals surface area contributed by atoms with Crippen molar-refractivity contribution < 1.29 is 9.50 Å². The van der Waals surface area contributed by atoms with Crippen molar-refractivity contribution in [1.82, 2.24) is 4.90 Å². The number of rotatable bonds is 3. The molecule has 0 saturated carbocycles. The zero-order chi connectivity index (χ0) is 6.69. The second-order valence-electron chi connectivity index (χ2n) is 2.46. The molecule has 1 aliphatic rings. The van der Waals surface area contributed by atoms with Crippen LogP contribution in [0.15, 0.2) is 0 Å². The Balaban J connectivity index is 1.91. The van der Waals surface area contributed by atoms with E-state index < -0.39 is 0 Å². The van der Waals surface area contributed by atoms with E-state index >= 15 is 0 Å². The number of β-amino-alcohol motifs (C(OH)–C–C–N with tert-alkyl or cyclic N) is 1. The average Bonchev–Trinajstić information content (AvgIpc) is 1.78. The molecule has 9 heavy (non-hydrogen) atoms. The molecule has 1 aliphatic heterocycles. The molecule has 0 aliphatic carbocycles. The largest absolute Gasteiger partial charge is 0.390 e. The van der Waals surface area contributed by atoms with E-state index in [-0.39, 0.29) is 12.8 Å². The SMILES string of the molecule is OC1CN(CCCF)C1. The standard InChI is InChI=1S/C6H12FNO/c7-2-1-3-8-4-6(9)5-8/h6,9H,1-5H2. The van der Waals surface area contributed by atoms with E-state index in [0.717, 1.165) is 19.6 Å². The molecule has 0 aromatic rings. The maximum Gasteiger partial charge on any atom is 0.0906 e. The molecule has 0 spiro atoms. The smallest absolute Gasteiger partial charge is 0.0906 e. The van der Waals surface area contributed by atoms with Crippen molar-refractivity contribution in [2.75, 3.05) is 26.3 Å². The van der Waals surface area contributed by atoms with Crippen LogP contribution in [0.25, 0.3) is 0 Å². The van der Waals surface area contributed by atoms with Gasteiger partial charge in [0.1, 0.15) is 0 Å². The summed E-state index contributed by atoms with van der Waals surface area (Å²) in [5, 5.41) is 8.78. The summed E-state index contributed by atoms with van der Waals surface area (Å²) in [5.41, 5.74) is 0. The minimum absolute atomic E-state index is 0.149. The Bertz CT molecular complexity index is 83.1. The van der Waals surface area contributed by atoms with E-state index in [4.69, 9.17) is 5.11 Å². The zero-order valence-corrected chi connectivity index (χ0v) is 5.39. The molecule has 0 aromatic heterocycles. The lowest BCUT2D eigenvalue weighted by Gasteiger charge is -2.35. The fourth-order valence-electron chi connectivity index (χ4n) is 1.01. The van der Waals surface area contributed by atoms with Crippen LogP contribution in [0.4, 0.5) is 4.39 Å². The van der Waals surface area contributed by atoms with E-state index in [1.807, 2.05) is 4.90 Å². The quantitative estimate of drug-likeness (QED) is 0.586. The van der Waals surface area contributed by atoms with Gasteiger partial charge in [-0.25, -0.2) is 0 Å². The van der Waals surface area contributed by atoms with Gasteiger partial charge in [0.2, 0.25) is 0 Å². The van der Waals surface area contributed by atoms with Gasteiger partial charge in [0, 0.05) is 19.6 Å². The average molecular weight is 133 g/mol. The Morgan fingerprint density at radius 3 is 2.67 bits per heavy atom. The Morgan fingerprint density at radius 2 is 2.22 bits per heavy atom. The third-order valence-electron chi connectivity index (χ3n) is 1.55. The monoisotopic (exact) mass is 133 g/mol. The van der Waals surface area contributed by atoms with Crippen LogP contribution in [0.2, 0.25) is 0 Å². The normalized spacial score (nSPS) is 22.0. The van der Waals surface area contributed by atoms with E-state index in [1.165, 1.54) is 0 Å². The molecule has 1 N–H and O–H groups in total. The summed E-state index contributed by atoms with van der Waals surface area (Å²) >= 11 is 0. The van der Waals surface area contributed by atoms with Crippen LogP contribution in [0.5, 0.6) is 0 Å². The van der Waals surface area contributed by atoms with Crippen molar-refractivity contribution in [3.05, 3.63) is 0 Å². The minimum atomic E-state index is -0.243. The van der Waals surface area contributed by atoms with Crippen molar-refractivity contribution in [3.8, 4) is 0 Å². The Morgan fingerprint density at radius 1 is 1.56 bits per heavy atom. The summed E-state index contributed by atoms with van der Waals surface area (Å²) in [6.45, 7) is 2.03. The summed E-state index contributed by atoms with van der Waals surface area (Å²) in [5.74, 6) is 0. The van der Waals surface area contributed by atoms with Crippen molar-refractivity contribution in [1.29, 1.82) is 0 Å².